The molecule has 0 N–H and O–H groups in total. The van der Waals surface area contributed by atoms with Crippen molar-refractivity contribution in [3.8, 4) is 0 Å². The highest BCUT2D eigenvalue weighted by Gasteiger charge is 2.61. The Morgan fingerprint density at radius 1 is 1.11 bits per heavy atom. The predicted octanol–water partition coefficient (Wildman–Crippen LogP) is 4.82. The number of ether oxygens (including phenoxy) is 1. The van der Waals surface area contributed by atoms with E-state index in [1.165, 1.54) is 0 Å². The van der Waals surface area contributed by atoms with Gasteiger partial charge >= 0.3 is 5.97 Å². The predicted molar refractivity (Wildman–Crippen MR) is 73.3 cm³/mol. The quantitative estimate of drug-likeness (QED) is 0.677. The van der Waals surface area contributed by atoms with Gasteiger partial charge in [-0.05, 0) is 31.6 Å². The van der Waals surface area contributed by atoms with Gasteiger partial charge in [-0.1, -0.05) is 27.7 Å². The lowest BCUT2D eigenvalue weighted by Gasteiger charge is -2.28. The van der Waals surface area contributed by atoms with E-state index in [-0.39, 0.29) is 30.1 Å². The van der Waals surface area contributed by atoms with Crippen molar-refractivity contribution in [2.75, 3.05) is 6.61 Å². The summed E-state index contributed by atoms with van der Waals surface area (Å²) in [6.07, 6.45) is 1.57. The zero-order valence-corrected chi connectivity index (χ0v) is 12.9. The molecule has 0 radical (unpaired) electrons. The molecular weight excluding hydrogens is 250 g/mol. The van der Waals surface area contributed by atoms with E-state index in [9.17, 15) is 13.6 Å². The van der Waals surface area contributed by atoms with Crippen LogP contribution >= 0.6 is 0 Å². The first kappa shape index (κ1) is 18.3. The molecule has 0 aromatic heterocycles. The van der Waals surface area contributed by atoms with Crippen molar-refractivity contribution < 1.29 is 18.3 Å². The first-order chi connectivity index (χ1) is 8.99. The fourth-order valence-electron chi connectivity index (χ4n) is 2.59. The van der Waals surface area contributed by atoms with Gasteiger partial charge in [0, 0.05) is 12.8 Å². The summed E-state index contributed by atoms with van der Waals surface area (Å²) in [5.74, 6) is -2.80. The van der Waals surface area contributed by atoms with Crippen molar-refractivity contribution in [1.82, 2.24) is 0 Å². The molecule has 0 saturated heterocycles. The van der Waals surface area contributed by atoms with Crippen LogP contribution in [0.5, 0.6) is 0 Å². The van der Waals surface area contributed by atoms with Crippen LogP contribution in [0.3, 0.4) is 0 Å². The summed E-state index contributed by atoms with van der Waals surface area (Å²) < 4.78 is 30.8. The molecule has 0 amide bonds. The van der Waals surface area contributed by atoms with E-state index < -0.39 is 5.92 Å². The van der Waals surface area contributed by atoms with Crippen molar-refractivity contribution >= 4 is 5.97 Å². The van der Waals surface area contributed by atoms with E-state index >= 15 is 0 Å². The van der Waals surface area contributed by atoms with Gasteiger partial charge in [-0.3, -0.25) is 4.79 Å². The molecule has 0 aromatic carbocycles. The monoisotopic (exact) mass is 278 g/mol. The SMILES string of the molecule is CC.CC.CCOC(=O)C1CC12CCC(F)(F)CC2. The lowest BCUT2D eigenvalue weighted by Crippen LogP contribution is -2.27. The highest BCUT2D eigenvalue weighted by atomic mass is 19.3. The number of halogens is 2. The molecule has 114 valence electrons. The summed E-state index contributed by atoms with van der Waals surface area (Å²) in [5, 5.41) is 0. The van der Waals surface area contributed by atoms with Gasteiger partial charge in [-0.2, -0.15) is 0 Å². The van der Waals surface area contributed by atoms with Gasteiger partial charge in [0.1, 0.15) is 0 Å². The minimum Gasteiger partial charge on any atom is -0.466 e. The maximum Gasteiger partial charge on any atom is 0.309 e. The number of carbonyl (C=O) groups excluding carboxylic acids is 1. The molecule has 0 bridgehead atoms. The number of hydrogen-bond donors (Lipinski definition) is 0. The normalized spacial score (nSPS) is 25.3. The third-order valence-electron chi connectivity index (χ3n) is 3.74. The van der Waals surface area contributed by atoms with E-state index in [2.05, 4.69) is 0 Å². The van der Waals surface area contributed by atoms with Crippen LogP contribution in [0.1, 0.15) is 66.7 Å². The maximum absolute atomic E-state index is 12.9. The van der Waals surface area contributed by atoms with Crippen LogP contribution in [0.25, 0.3) is 0 Å². The van der Waals surface area contributed by atoms with Crippen LogP contribution in [0.15, 0.2) is 0 Å². The van der Waals surface area contributed by atoms with Gasteiger partial charge in [0.05, 0.1) is 12.5 Å². The molecular formula is C15H28F2O2. The largest absolute Gasteiger partial charge is 0.466 e. The van der Waals surface area contributed by atoms with E-state index in [0.29, 0.717) is 19.4 Å². The first-order valence-corrected chi connectivity index (χ1v) is 7.54. The second-order valence-corrected chi connectivity index (χ2v) is 4.73. The smallest absolute Gasteiger partial charge is 0.309 e. The standard InChI is InChI=1S/C11H16F2O2.2C2H6/c1-2-15-9(14)8-7-10(8)3-5-11(12,13)6-4-10;2*1-2/h8H,2-7H2,1H3;2*1-2H3. The van der Waals surface area contributed by atoms with Crippen molar-refractivity contribution in [2.45, 2.75) is 72.6 Å². The van der Waals surface area contributed by atoms with Gasteiger partial charge in [0.15, 0.2) is 0 Å². The molecule has 2 saturated carbocycles. The number of carbonyl (C=O) groups is 1. The van der Waals surface area contributed by atoms with Crippen LogP contribution in [0, 0.1) is 11.3 Å². The van der Waals surface area contributed by atoms with Crippen LogP contribution in [0.2, 0.25) is 0 Å². The topological polar surface area (TPSA) is 26.3 Å². The van der Waals surface area contributed by atoms with Crippen molar-refractivity contribution in [1.29, 1.82) is 0 Å². The highest BCUT2D eigenvalue weighted by Crippen LogP contribution is 2.63. The Bertz CT molecular complexity index is 267. The van der Waals surface area contributed by atoms with E-state index in [0.717, 1.165) is 6.42 Å². The Morgan fingerprint density at radius 2 is 1.58 bits per heavy atom. The van der Waals surface area contributed by atoms with E-state index in [1.807, 2.05) is 27.7 Å². The summed E-state index contributed by atoms with van der Waals surface area (Å²) in [4.78, 5) is 11.4. The molecule has 1 atom stereocenters. The van der Waals surface area contributed by atoms with Gasteiger partial charge in [-0.25, -0.2) is 8.78 Å². The first-order valence-electron chi connectivity index (χ1n) is 7.54. The molecule has 0 aliphatic heterocycles. The Morgan fingerprint density at radius 3 is 2.00 bits per heavy atom. The highest BCUT2D eigenvalue weighted by molar-refractivity contribution is 5.77. The molecule has 2 aliphatic rings. The number of alkyl halides is 2. The third kappa shape index (κ3) is 4.73. The molecule has 2 fully saturated rings. The van der Waals surface area contributed by atoms with Crippen LogP contribution in [0.4, 0.5) is 8.78 Å². The van der Waals surface area contributed by atoms with E-state index in [4.69, 9.17) is 4.74 Å². The van der Waals surface area contributed by atoms with E-state index in [1.54, 1.807) is 6.92 Å². The van der Waals surface area contributed by atoms with Gasteiger partial charge in [0.25, 0.3) is 0 Å². The molecule has 2 aliphatic carbocycles. The average Bonchev–Trinajstić information content (AvgIpc) is 3.14. The molecule has 1 spiro atoms. The molecule has 19 heavy (non-hydrogen) atoms. The number of esters is 1. The maximum atomic E-state index is 12.9. The lowest BCUT2D eigenvalue weighted by atomic mass is 9.82. The molecule has 2 nitrogen and oxygen atoms in total. The summed E-state index contributed by atoms with van der Waals surface area (Å²) >= 11 is 0. The fraction of sp³-hybridized carbons (Fsp3) is 0.933. The summed E-state index contributed by atoms with van der Waals surface area (Å²) in [5.41, 5.74) is -0.131. The summed E-state index contributed by atoms with van der Waals surface area (Å²) in [7, 11) is 0. The Kier molecular flexibility index (Phi) is 7.53. The summed E-state index contributed by atoms with van der Waals surface area (Å²) in [6, 6.07) is 0. The average molecular weight is 278 g/mol. The molecule has 0 heterocycles. The van der Waals surface area contributed by atoms with Gasteiger partial charge in [0.2, 0.25) is 5.92 Å². The van der Waals surface area contributed by atoms with Gasteiger partial charge < -0.3 is 4.74 Å². The number of hydrogen-bond acceptors (Lipinski definition) is 2. The molecule has 2 rings (SSSR count). The van der Waals surface area contributed by atoms with Crippen LogP contribution in [-0.4, -0.2) is 18.5 Å². The zero-order chi connectivity index (χ0) is 15.1. The van der Waals surface area contributed by atoms with Crippen molar-refractivity contribution in [2.24, 2.45) is 11.3 Å². The van der Waals surface area contributed by atoms with Crippen LogP contribution in [-0.2, 0) is 9.53 Å². The van der Waals surface area contributed by atoms with Gasteiger partial charge in [-0.15, -0.1) is 0 Å². The van der Waals surface area contributed by atoms with Crippen molar-refractivity contribution in [3.63, 3.8) is 0 Å². The minimum atomic E-state index is -2.51. The van der Waals surface area contributed by atoms with Crippen LogP contribution < -0.4 is 0 Å². The Balaban J connectivity index is 0.000000741. The lowest BCUT2D eigenvalue weighted by molar-refractivity contribution is -0.146. The molecule has 4 heteroatoms. The Labute approximate surface area is 115 Å². The zero-order valence-electron chi connectivity index (χ0n) is 12.9. The molecule has 0 aromatic rings. The second-order valence-electron chi connectivity index (χ2n) is 4.73. The van der Waals surface area contributed by atoms with Crippen molar-refractivity contribution in [3.05, 3.63) is 0 Å². The minimum absolute atomic E-state index is 0.0666. The number of rotatable bonds is 2. The summed E-state index contributed by atoms with van der Waals surface area (Å²) in [6.45, 7) is 10.1. The third-order valence-corrected chi connectivity index (χ3v) is 3.74. The molecule has 1 unspecified atom stereocenters. The fourth-order valence-corrected chi connectivity index (χ4v) is 2.59. The second kappa shape index (κ2) is 7.81. The Hall–Kier alpha value is -0.670.